The molecule has 2 nitrogen and oxygen atoms in total. The maximum absolute atomic E-state index is 13.0. The SMILES string of the molecule is C=C(C)COc1ccc(CNCC)cc1C(F)(F)F. The van der Waals surface area contributed by atoms with Crippen molar-refractivity contribution in [3.05, 3.63) is 41.5 Å². The average molecular weight is 273 g/mol. The fourth-order valence-electron chi connectivity index (χ4n) is 1.50. The normalized spacial score (nSPS) is 11.4. The lowest BCUT2D eigenvalue weighted by atomic mass is 10.1. The first-order valence-electron chi connectivity index (χ1n) is 6.02. The highest BCUT2D eigenvalue weighted by molar-refractivity contribution is 5.39. The molecule has 0 heterocycles. The zero-order valence-corrected chi connectivity index (χ0v) is 11.1. The lowest BCUT2D eigenvalue weighted by Crippen LogP contribution is -2.14. The van der Waals surface area contributed by atoms with E-state index in [2.05, 4.69) is 11.9 Å². The lowest BCUT2D eigenvalue weighted by molar-refractivity contribution is -0.138. The molecule has 0 aliphatic rings. The van der Waals surface area contributed by atoms with Crippen LogP contribution >= 0.6 is 0 Å². The molecule has 0 spiro atoms. The predicted molar refractivity (Wildman–Crippen MR) is 69.1 cm³/mol. The van der Waals surface area contributed by atoms with E-state index in [0.29, 0.717) is 24.2 Å². The van der Waals surface area contributed by atoms with Crippen LogP contribution in [0.4, 0.5) is 13.2 Å². The molecular weight excluding hydrogens is 255 g/mol. The van der Waals surface area contributed by atoms with Gasteiger partial charge in [-0.2, -0.15) is 13.2 Å². The van der Waals surface area contributed by atoms with Crippen LogP contribution < -0.4 is 10.1 Å². The third-order valence-electron chi connectivity index (χ3n) is 2.40. The molecule has 0 aromatic heterocycles. The second kappa shape index (κ2) is 6.61. The minimum atomic E-state index is -4.42. The number of rotatable bonds is 6. The minimum Gasteiger partial charge on any atom is -0.489 e. The molecule has 5 heteroatoms. The molecule has 0 amide bonds. The van der Waals surface area contributed by atoms with Crippen LogP contribution in [-0.4, -0.2) is 13.2 Å². The number of hydrogen-bond donors (Lipinski definition) is 1. The standard InChI is InChI=1S/C14H18F3NO/c1-4-18-8-11-5-6-13(19-9-10(2)3)12(7-11)14(15,16)17/h5-7,18H,2,4,8-9H2,1,3H3. The molecule has 0 radical (unpaired) electrons. The fourth-order valence-corrected chi connectivity index (χ4v) is 1.50. The van der Waals surface area contributed by atoms with Crippen molar-refractivity contribution in [3.63, 3.8) is 0 Å². The summed E-state index contributed by atoms with van der Waals surface area (Å²) in [5, 5.41) is 2.99. The smallest absolute Gasteiger partial charge is 0.419 e. The zero-order valence-electron chi connectivity index (χ0n) is 11.1. The average Bonchev–Trinajstić information content (AvgIpc) is 2.33. The molecule has 0 fully saturated rings. The summed E-state index contributed by atoms with van der Waals surface area (Å²) < 4.78 is 44.0. The molecule has 0 atom stereocenters. The number of nitrogens with one attached hydrogen (secondary N) is 1. The molecule has 1 aromatic rings. The summed E-state index contributed by atoms with van der Waals surface area (Å²) in [6, 6.07) is 4.11. The number of ether oxygens (including phenoxy) is 1. The number of benzene rings is 1. The van der Waals surface area contributed by atoms with E-state index in [9.17, 15) is 13.2 Å². The van der Waals surface area contributed by atoms with Gasteiger partial charge in [0.25, 0.3) is 0 Å². The quantitative estimate of drug-likeness (QED) is 0.797. The molecule has 0 saturated carbocycles. The molecule has 19 heavy (non-hydrogen) atoms. The van der Waals surface area contributed by atoms with Gasteiger partial charge in [-0.3, -0.25) is 0 Å². The first kappa shape index (κ1) is 15.6. The van der Waals surface area contributed by atoms with Crippen LogP contribution in [0.25, 0.3) is 0 Å². The summed E-state index contributed by atoms with van der Waals surface area (Å²) in [7, 11) is 0. The van der Waals surface area contributed by atoms with Gasteiger partial charge in [-0.25, -0.2) is 0 Å². The Hall–Kier alpha value is -1.49. The molecule has 0 bridgehead atoms. The van der Waals surface area contributed by atoms with E-state index < -0.39 is 11.7 Å². The highest BCUT2D eigenvalue weighted by atomic mass is 19.4. The molecule has 1 N–H and O–H groups in total. The topological polar surface area (TPSA) is 21.3 Å². The summed E-state index contributed by atoms with van der Waals surface area (Å²) in [5.41, 5.74) is 0.505. The molecule has 0 saturated heterocycles. The van der Waals surface area contributed by atoms with E-state index in [1.807, 2.05) is 6.92 Å². The van der Waals surface area contributed by atoms with Gasteiger partial charge in [0.05, 0.1) is 5.56 Å². The third-order valence-corrected chi connectivity index (χ3v) is 2.40. The van der Waals surface area contributed by atoms with Crippen LogP contribution in [0.3, 0.4) is 0 Å². The van der Waals surface area contributed by atoms with Crippen molar-refractivity contribution in [2.45, 2.75) is 26.6 Å². The number of halogens is 3. The maximum atomic E-state index is 13.0. The Morgan fingerprint density at radius 1 is 1.37 bits per heavy atom. The van der Waals surface area contributed by atoms with Crippen molar-refractivity contribution in [1.82, 2.24) is 5.32 Å². The van der Waals surface area contributed by atoms with Gasteiger partial charge in [0.2, 0.25) is 0 Å². The van der Waals surface area contributed by atoms with Crippen molar-refractivity contribution < 1.29 is 17.9 Å². The predicted octanol–water partition coefficient (Wildman–Crippen LogP) is 3.77. The lowest BCUT2D eigenvalue weighted by Gasteiger charge is -2.15. The largest absolute Gasteiger partial charge is 0.489 e. The van der Waals surface area contributed by atoms with E-state index in [1.54, 1.807) is 13.0 Å². The number of alkyl halides is 3. The molecule has 0 aliphatic heterocycles. The molecule has 0 aliphatic carbocycles. The van der Waals surface area contributed by atoms with E-state index in [0.717, 1.165) is 6.07 Å². The van der Waals surface area contributed by atoms with Crippen LogP contribution in [0, 0.1) is 0 Å². The number of hydrogen-bond acceptors (Lipinski definition) is 2. The van der Waals surface area contributed by atoms with Gasteiger partial charge < -0.3 is 10.1 Å². The molecular formula is C14H18F3NO. The van der Waals surface area contributed by atoms with Gasteiger partial charge in [-0.15, -0.1) is 0 Å². The summed E-state index contributed by atoms with van der Waals surface area (Å²) >= 11 is 0. The molecule has 0 unspecified atom stereocenters. The Kier molecular flexibility index (Phi) is 5.42. The fraction of sp³-hybridized carbons (Fsp3) is 0.429. The van der Waals surface area contributed by atoms with Crippen molar-refractivity contribution in [2.75, 3.05) is 13.2 Å². The maximum Gasteiger partial charge on any atom is 0.419 e. The molecule has 106 valence electrons. The summed E-state index contributed by atoms with van der Waals surface area (Å²) in [5.74, 6) is -0.157. The van der Waals surface area contributed by atoms with Gasteiger partial charge in [-0.1, -0.05) is 19.6 Å². The van der Waals surface area contributed by atoms with E-state index in [1.165, 1.54) is 6.07 Å². The van der Waals surface area contributed by atoms with Crippen molar-refractivity contribution in [1.29, 1.82) is 0 Å². The van der Waals surface area contributed by atoms with Crippen LogP contribution in [0.15, 0.2) is 30.4 Å². The van der Waals surface area contributed by atoms with Crippen LogP contribution in [0.1, 0.15) is 25.0 Å². The third kappa shape index (κ3) is 4.95. The second-order valence-corrected chi connectivity index (χ2v) is 4.35. The van der Waals surface area contributed by atoms with E-state index >= 15 is 0 Å². The van der Waals surface area contributed by atoms with Crippen molar-refractivity contribution in [3.8, 4) is 5.75 Å². The van der Waals surface area contributed by atoms with Gasteiger partial charge in [-0.05, 0) is 36.7 Å². The molecule has 1 rings (SSSR count). The minimum absolute atomic E-state index is 0.0790. The summed E-state index contributed by atoms with van der Waals surface area (Å²) in [6.45, 7) is 8.39. The Bertz CT molecular complexity index is 441. The van der Waals surface area contributed by atoms with Crippen molar-refractivity contribution >= 4 is 0 Å². The summed E-state index contributed by atoms with van der Waals surface area (Å²) in [4.78, 5) is 0. The summed E-state index contributed by atoms with van der Waals surface area (Å²) in [6.07, 6.45) is -4.42. The van der Waals surface area contributed by atoms with E-state index in [-0.39, 0.29) is 12.4 Å². The highest BCUT2D eigenvalue weighted by Crippen LogP contribution is 2.37. The van der Waals surface area contributed by atoms with Gasteiger partial charge in [0.15, 0.2) is 0 Å². The monoisotopic (exact) mass is 273 g/mol. The Morgan fingerprint density at radius 2 is 2.05 bits per heavy atom. The Morgan fingerprint density at radius 3 is 2.58 bits per heavy atom. The molecule has 1 aromatic carbocycles. The van der Waals surface area contributed by atoms with E-state index in [4.69, 9.17) is 4.74 Å². The van der Waals surface area contributed by atoms with Crippen LogP contribution in [0.5, 0.6) is 5.75 Å². The van der Waals surface area contributed by atoms with Gasteiger partial charge in [0, 0.05) is 6.54 Å². The van der Waals surface area contributed by atoms with Gasteiger partial charge >= 0.3 is 6.18 Å². The second-order valence-electron chi connectivity index (χ2n) is 4.35. The Labute approximate surface area is 111 Å². The zero-order chi connectivity index (χ0) is 14.5. The van der Waals surface area contributed by atoms with Crippen LogP contribution in [-0.2, 0) is 12.7 Å². The van der Waals surface area contributed by atoms with Crippen molar-refractivity contribution in [2.24, 2.45) is 0 Å². The Balaban J connectivity index is 2.99. The first-order valence-corrected chi connectivity index (χ1v) is 6.02. The highest BCUT2D eigenvalue weighted by Gasteiger charge is 2.34. The van der Waals surface area contributed by atoms with Gasteiger partial charge in [0.1, 0.15) is 12.4 Å². The first-order chi connectivity index (χ1) is 8.84. The van der Waals surface area contributed by atoms with Crippen LogP contribution in [0.2, 0.25) is 0 Å².